The molecule has 0 nitrogen and oxygen atoms in total. The molecular formula is C13H8F2S3. The largest absolute Gasteiger partial charge is 0.265 e. The molecular weight excluding hydrogens is 290 g/mol. The fourth-order valence-electron chi connectivity index (χ4n) is 1.70. The van der Waals surface area contributed by atoms with Crippen molar-refractivity contribution in [2.75, 3.05) is 0 Å². The summed E-state index contributed by atoms with van der Waals surface area (Å²) >= 11 is 4.61. The molecule has 0 aliphatic heterocycles. The van der Waals surface area contributed by atoms with Crippen molar-refractivity contribution in [1.29, 1.82) is 0 Å². The molecule has 0 aromatic carbocycles. The number of hydrogen-bond acceptors (Lipinski definition) is 3. The third-order valence-corrected chi connectivity index (χ3v) is 5.79. The summed E-state index contributed by atoms with van der Waals surface area (Å²) in [4.78, 5) is 3.93. The van der Waals surface area contributed by atoms with E-state index in [0.717, 1.165) is 9.75 Å². The standard InChI is InChI=1S/C13H8F2S3/c14-13(15)8-5-7-17-12(8)11-4-3-10(18-11)9-2-1-6-16-9/h1-7,13H. The summed E-state index contributed by atoms with van der Waals surface area (Å²) in [5.74, 6) is 0. The molecule has 3 aromatic heterocycles. The third-order valence-electron chi connectivity index (χ3n) is 2.52. The van der Waals surface area contributed by atoms with E-state index in [1.54, 1.807) is 28.1 Å². The quantitative estimate of drug-likeness (QED) is 0.544. The van der Waals surface area contributed by atoms with Crippen LogP contribution < -0.4 is 0 Å². The lowest BCUT2D eigenvalue weighted by atomic mass is 10.2. The first-order valence-electron chi connectivity index (χ1n) is 5.25. The van der Waals surface area contributed by atoms with Crippen LogP contribution >= 0.6 is 34.0 Å². The Balaban J connectivity index is 2.01. The number of alkyl halides is 2. The minimum absolute atomic E-state index is 0.138. The van der Waals surface area contributed by atoms with E-state index >= 15 is 0 Å². The van der Waals surface area contributed by atoms with Gasteiger partial charge in [0.25, 0.3) is 6.43 Å². The highest BCUT2D eigenvalue weighted by Crippen LogP contribution is 2.42. The normalized spacial score (nSPS) is 11.3. The van der Waals surface area contributed by atoms with Crippen molar-refractivity contribution in [3.8, 4) is 19.5 Å². The maximum atomic E-state index is 12.8. The van der Waals surface area contributed by atoms with Gasteiger partial charge in [0.2, 0.25) is 0 Å². The summed E-state index contributed by atoms with van der Waals surface area (Å²) in [6, 6.07) is 9.48. The summed E-state index contributed by atoms with van der Waals surface area (Å²) in [6.07, 6.45) is -2.40. The van der Waals surface area contributed by atoms with Crippen LogP contribution in [0.2, 0.25) is 0 Å². The molecule has 0 aliphatic carbocycles. The van der Waals surface area contributed by atoms with Gasteiger partial charge in [-0.2, -0.15) is 0 Å². The molecule has 3 heterocycles. The Bertz CT molecular complexity index is 635. The van der Waals surface area contributed by atoms with Gasteiger partial charge >= 0.3 is 0 Å². The third kappa shape index (κ3) is 2.13. The molecule has 0 bridgehead atoms. The van der Waals surface area contributed by atoms with Gasteiger partial charge in [-0.1, -0.05) is 6.07 Å². The second-order valence-electron chi connectivity index (χ2n) is 3.65. The fourth-order valence-corrected chi connectivity index (χ4v) is 4.60. The average molecular weight is 298 g/mol. The lowest BCUT2D eigenvalue weighted by Crippen LogP contribution is -1.81. The lowest BCUT2D eigenvalue weighted by molar-refractivity contribution is 0.152. The molecule has 18 heavy (non-hydrogen) atoms. The van der Waals surface area contributed by atoms with E-state index in [0.29, 0.717) is 4.88 Å². The SMILES string of the molecule is FC(F)c1ccsc1-c1ccc(-c2cccs2)s1. The van der Waals surface area contributed by atoms with E-state index in [1.807, 2.05) is 29.6 Å². The predicted octanol–water partition coefficient (Wildman–Crippen LogP) is 6.14. The predicted molar refractivity (Wildman–Crippen MR) is 75.9 cm³/mol. The Hall–Kier alpha value is -1.04. The molecule has 0 amide bonds. The van der Waals surface area contributed by atoms with Crippen LogP contribution in [0.25, 0.3) is 19.5 Å². The molecule has 92 valence electrons. The maximum Gasteiger partial charge on any atom is 0.265 e. The molecule has 0 atom stereocenters. The first kappa shape index (κ1) is 12.0. The zero-order valence-electron chi connectivity index (χ0n) is 9.10. The summed E-state index contributed by atoms with van der Waals surface area (Å²) < 4.78 is 25.7. The highest BCUT2D eigenvalue weighted by molar-refractivity contribution is 7.25. The molecule has 5 heteroatoms. The fraction of sp³-hybridized carbons (Fsp3) is 0.0769. The zero-order valence-corrected chi connectivity index (χ0v) is 11.5. The molecule has 0 saturated heterocycles. The maximum absolute atomic E-state index is 12.8. The van der Waals surface area contributed by atoms with Crippen LogP contribution in [-0.4, -0.2) is 0 Å². The second kappa shape index (κ2) is 4.91. The first-order chi connectivity index (χ1) is 8.75. The van der Waals surface area contributed by atoms with Gasteiger partial charge in [-0.05, 0) is 35.0 Å². The van der Waals surface area contributed by atoms with E-state index in [4.69, 9.17) is 0 Å². The van der Waals surface area contributed by atoms with E-state index in [2.05, 4.69) is 0 Å². The van der Waals surface area contributed by atoms with Crippen LogP contribution in [0.1, 0.15) is 12.0 Å². The van der Waals surface area contributed by atoms with Gasteiger partial charge in [0, 0.05) is 20.2 Å². The summed E-state index contributed by atoms with van der Waals surface area (Å²) in [7, 11) is 0. The summed E-state index contributed by atoms with van der Waals surface area (Å²) in [5.41, 5.74) is 0.138. The van der Waals surface area contributed by atoms with Crippen molar-refractivity contribution in [1.82, 2.24) is 0 Å². The Kier molecular flexibility index (Phi) is 3.28. The molecule has 0 aliphatic rings. The molecule has 0 saturated carbocycles. The van der Waals surface area contributed by atoms with Gasteiger partial charge in [-0.25, -0.2) is 8.78 Å². The molecule has 0 unspecified atom stereocenters. The number of rotatable bonds is 3. The zero-order chi connectivity index (χ0) is 12.5. The monoisotopic (exact) mass is 298 g/mol. The van der Waals surface area contributed by atoms with Gasteiger partial charge < -0.3 is 0 Å². The van der Waals surface area contributed by atoms with Crippen molar-refractivity contribution in [2.45, 2.75) is 6.43 Å². The van der Waals surface area contributed by atoms with E-state index in [9.17, 15) is 8.78 Å². The van der Waals surface area contributed by atoms with E-state index in [1.165, 1.54) is 22.3 Å². The molecule has 0 spiro atoms. The van der Waals surface area contributed by atoms with Crippen molar-refractivity contribution in [2.24, 2.45) is 0 Å². The van der Waals surface area contributed by atoms with Gasteiger partial charge in [0.15, 0.2) is 0 Å². The highest BCUT2D eigenvalue weighted by Gasteiger charge is 2.17. The van der Waals surface area contributed by atoms with Crippen LogP contribution in [-0.2, 0) is 0 Å². The summed E-state index contributed by atoms with van der Waals surface area (Å²) in [5, 5.41) is 3.74. The van der Waals surface area contributed by atoms with Gasteiger partial charge in [-0.3, -0.25) is 0 Å². The van der Waals surface area contributed by atoms with Crippen LogP contribution in [0.3, 0.4) is 0 Å². The van der Waals surface area contributed by atoms with Crippen LogP contribution in [0.5, 0.6) is 0 Å². The van der Waals surface area contributed by atoms with E-state index in [-0.39, 0.29) is 5.56 Å². The minimum Gasteiger partial charge on any atom is -0.205 e. The van der Waals surface area contributed by atoms with Crippen molar-refractivity contribution in [3.05, 3.63) is 46.7 Å². The van der Waals surface area contributed by atoms with Crippen molar-refractivity contribution < 1.29 is 8.78 Å². The topological polar surface area (TPSA) is 0 Å². The van der Waals surface area contributed by atoms with Gasteiger partial charge in [0.05, 0.1) is 4.88 Å². The van der Waals surface area contributed by atoms with Gasteiger partial charge in [-0.15, -0.1) is 34.0 Å². The molecule has 0 fully saturated rings. The number of halogens is 2. The Morgan fingerprint density at radius 3 is 2.39 bits per heavy atom. The first-order valence-corrected chi connectivity index (χ1v) is 7.83. The van der Waals surface area contributed by atoms with Crippen molar-refractivity contribution >= 4 is 34.0 Å². The smallest absolute Gasteiger partial charge is 0.205 e. The Labute approximate surface area is 115 Å². The lowest BCUT2D eigenvalue weighted by Gasteiger charge is -1.99. The molecule has 3 aromatic rings. The number of thiophene rings is 3. The number of hydrogen-bond donors (Lipinski definition) is 0. The Morgan fingerprint density at radius 1 is 0.833 bits per heavy atom. The highest BCUT2D eigenvalue weighted by atomic mass is 32.1. The summed E-state index contributed by atoms with van der Waals surface area (Å²) in [6.45, 7) is 0. The molecule has 3 rings (SSSR count). The van der Waals surface area contributed by atoms with Crippen LogP contribution in [0, 0.1) is 0 Å². The minimum atomic E-state index is -2.40. The van der Waals surface area contributed by atoms with E-state index < -0.39 is 6.43 Å². The molecule has 0 radical (unpaired) electrons. The molecule has 0 N–H and O–H groups in total. The Morgan fingerprint density at radius 2 is 1.67 bits per heavy atom. The second-order valence-corrected chi connectivity index (χ2v) is 6.59. The average Bonchev–Trinajstić information content (AvgIpc) is 3.10. The van der Waals surface area contributed by atoms with Crippen LogP contribution in [0.4, 0.5) is 8.78 Å². The van der Waals surface area contributed by atoms with Gasteiger partial charge in [0.1, 0.15) is 0 Å². The van der Waals surface area contributed by atoms with Crippen molar-refractivity contribution in [3.63, 3.8) is 0 Å². The van der Waals surface area contributed by atoms with Crippen LogP contribution in [0.15, 0.2) is 41.1 Å².